The smallest absolute Gasteiger partial charge is 0.274 e. The van der Waals surface area contributed by atoms with E-state index in [4.69, 9.17) is 0 Å². The number of likely N-dealkylation sites (tertiary alicyclic amines) is 2. The van der Waals surface area contributed by atoms with Crippen molar-refractivity contribution in [1.29, 1.82) is 0 Å². The molecule has 0 bridgehead atoms. The zero-order valence-corrected chi connectivity index (χ0v) is 23.6. The molecule has 3 aromatic carbocycles. The summed E-state index contributed by atoms with van der Waals surface area (Å²) in [6.07, 6.45) is 2.75. The Morgan fingerprint density at radius 2 is 1.37 bits per heavy atom. The Morgan fingerprint density at radius 3 is 2.14 bits per heavy atom. The third-order valence-corrected chi connectivity index (χ3v) is 8.59. The number of nitrogens with one attached hydrogen (secondary N) is 1. The Hall–Kier alpha value is -5.24. The highest BCUT2D eigenvalue weighted by molar-refractivity contribution is 6.04. The van der Waals surface area contributed by atoms with Gasteiger partial charge in [0.25, 0.3) is 17.7 Å². The predicted molar refractivity (Wildman–Crippen MR) is 165 cm³/mol. The molecule has 2 aliphatic heterocycles. The van der Waals surface area contributed by atoms with E-state index in [-0.39, 0.29) is 23.6 Å². The molecule has 214 valence electrons. The quantitative estimate of drug-likeness (QED) is 0.303. The van der Waals surface area contributed by atoms with Crippen molar-refractivity contribution in [2.75, 3.05) is 31.5 Å². The highest BCUT2D eigenvalue weighted by atomic mass is 16.2. The van der Waals surface area contributed by atoms with Gasteiger partial charge in [-0.2, -0.15) is 5.10 Å². The van der Waals surface area contributed by atoms with E-state index in [0.717, 1.165) is 23.1 Å². The van der Waals surface area contributed by atoms with Crippen molar-refractivity contribution >= 4 is 28.9 Å². The number of benzene rings is 3. The minimum absolute atomic E-state index is 0.0290. The molecule has 0 spiro atoms. The van der Waals surface area contributed by atoms with Gasteiger partial charge in [0.2, 0.25) is 0 Å². The van der Waals surface area contributed by atoms with E-state index in [1.165, 1.54) is 0 Å². The predicted octanol–water partition coefficient (Wildman–Crippen LogP) is 5.49. The van der Waals surface area contributed by atoms with Crippen LogP contribution in [0, 0.1) is 11.8 Å². The molecular formula is C35H31N5O3. The molecule has 43 heavy (non-hydrogen) atoms. The molecule has 0 unspecified atom stereocenters. The van der Waals surface area contributed by atoms with E-state index in [0.29, 0.717) is 54.6 Å². The lowest BCUT2D eigenvalue weighted by Gasteiger charge is -2.34. The van der Waals surface area contributed by atoms with Crippen LogP contribution >= 0.6 is 0 Å². The molecule has 5 aromatic rings. The van der Waals surface area contributed by atoms with Crippen molar-refractivity contribution in [3.05, 3.63) is 126 Å². The number of carbonyl (C=O) groups excluding carboxylic acids is 3. The van der Waals surface area contributed by atoms with Gasteiger partial charge in [-0.15, -0.1) is 0 Å². The van der Waals surface area contributed by atoms with Gasteiger partial charge in [0.15, 0.2) is 5.69 Å². The lowest BCUT2D eigenvalue weighted by atomic mass is 9.88. The molecule has 4 heterocycles. The second kappa shape index (κ2) is 11.2. The average molecular weight is 570 g/mol. The standard InChI is InChI=1S/C35H31N5O3/c41-33(25-9-5-2-6-10-25)36-30-13-11-26(12-14-30)34(42)38-17-15-28-21-39(23-29(28)22-38)35(43)32-20-31-19-27(16-18-40(31)37-32)24-7-3-1-4-8-24/h1-14,16,18-20,28-29H,15,17,21-23H2,(H,36,41)/t28-,29+/m1/s1. The molecule has 0 saturated carbocycles. The maximum absolute atomic E-state index is 13.5. The second-order valence-corrected chi connectivity index (χ2v) is 11.3. The number of rotatable bonds is 5. The summed E-state index contributed by atoms with van der Waals surface area (Å²) in [6.45, 7) is 2.57. The molecule has 2 aliphatic rings. The van der Waals surface area contributed by atoms with Crippen LogP contribution in [0.1, 0.15) is 37.6 Å². The molecule has 3 amide bonds. The Morgan fingerprint density at radius 1 is 0.674 bits per heavy atom. The topological polar surface area (TPSA) is 87.0 Å². The highest BCUT2D eigenvalue weighted by Crippen LogP contribution is 2.33. The number of hydrogen-bond donors (Lipinski definition) is 1. The molecule has 2 saturated heterocycles. The van der Waals surface area contributed by atoms with Crippen molar-refractivity contribution in [2.45, 2.75) is 6.42 Å². The zero-order valence-electron chi connectivity index (χ0n) is 23.6. The molecule has 0 radical (unpaired) electrons. The van der Waals surface area contributed by atoms with Crippen LogP contribution in [-0.4, -0.2) is 63.3 Å². The number of pyridine rings is 1. The summed E-state index contributed by atoms with van der Waals surface area (Å²) in [5.41, 5.74) is 5.31. The first-order chi connectivity index (χ1) is 21.0. The van der Waals surface area contributed by atoms with Gasteiger partial charge in [-0.05, 0) is 84.0 Å². The van der Waals surface area contributed by atoms with E-state index in [1.807, 2.05) is 64.5 Å². The minimum atomic E-state index is -0.192. The van der Waals surface area contributed by atoms with Crippen molar-refractivity contribution in [1.82, 2.24) is 19.4 Å². The first-order valence-electron chi connectivity index (χ1n) is 14.6. The summed E-state index contributed by atoms with van der Waals surface area (Å²) in [5.74, 6) is 0.310. The number of fused-ring (bicyclic) bond motifs is 2. The monoisotopic (exact) mass is 569 g/mol. The molecule has 2 fully saturated rings. The summed E-state index contributed by atoms with van der Waals surface area (Å²) in [5, 5.41) is 7.44. The zero-order chi connectivity index (χ0) is 29.3. The fraction of sp³-hybridized carbons (Fsp3) is 0.200. The normalized spacial score (nSPS) is 18.0. The Labute approximate surface area is 249 Å². The minimum Gasteiger partial charge on any atom is -0.338 e. The number of amides is 3. The first kappa shape index (κ1) is 26.6. The van der Waals surface area contributed by atoms with E-state index in [2.05, 4.69) is 28.6 Å². The van der Waals surface area contributed by atoms with Crippen LogP contribution in [0.4, 0.5) is 5.69 Å². The lowest BCUT2D eigenvalue weighted by molar-refractivity contribution is 0.0642. The van der Waals surface area contributed by atoms with Crippen LogP contribution in [0.3, 0.4) is 0 Å². The second-order valence-electron chi connectivity index (χ2n) is 11.3. The SMILES string of the molecule is O=C(Nc1ccc(C(=O)N2CC[C@@H]3CN(C(=O)c4cc5cc(-c6ccccc6)ccn5n4)C[C@@H]3C2)cc1)c1ccccc1. The molecule has 0 aliphatic carbocycles. The number of aromatic nitrogens is 2. The maximum atomic E-state index is 13.5. The molecular weight excluding hydrogens is 538 g/mol. The van der Waals surface area contributed by atoms with Gasteiger partial charge in [0, 0.05) is 49.2 Å². The van der Waals surface area contributed by atoms with Crippen molar-refractivity contribution in [3.63, 3.8) is 0 Å². The van der Waals surface area contributed by atoms with Gasteiger partial charge in [0.1, 0.15) is 0 Å². The summed E-state index contributed by atoms with van der Waals surface area (Å²) in [7, 11) is 0. The van der Waals surface area contributed by atoms with E-state index in [1.54, 1.807) is 40.9 Å². The number of hydrogen-bond acceptors (Lipinski definition) is 4. The van der Waals surface area contributed by atoms with E-state index in [9.17, 15) is 14.4 Å². The van der Waals surface area contributed by atoms with Gasteiger partial charge in [-0.1, -0.05) is 48.5 Å². The Balaban J connectivity index is 0.981. The van der Waals surface area contributed by atoms with Crippen LogP contribution < -0.4 is 5.32 Å². The molecule has 7 rings (SSSR count). The molecule has 2 aromatic heterocycles. The number of carbonyl (C=O) groups is 3. The number of anilines is 1. The lowest BCUT2D eigenvalue weighted by Crippen LogP contribution is -2.43. The fourth-order valence-electron chi connectivity index (χ4n) is 6.26. The van der Waals surface area contributed by atoms with Crippen LogP contribution in [0.2, 0.25) is 0 Å². The molecule has 1 N–H and O–H groups in total. The number of nitrogens with zero attached hydrogens (tertiary/aromatic N) is 4. The summed E-state index contributed by atoms with van der Waals surface area (Å²) >= 11 is 0. The molecule has 8 nitrogen and oxygen atoms in total. The van der Waals surface area contributed by atoms with Gasteiger partial charge < -0.3 is 15.1 Å². The maximum Gasteiger partial charge on any atom is 0.274 e. The third kappa shape index (κ3) is 5.39. The van der Waals surface area contributed by atoms with Crippen molar-refractivity contribution in [2.24, 2.45) is 11.8 Å². The van der Waals surface area contributed by atoms with E-state index < -0.39 is 0 Å². The van der Waals surface area contributed by atoms with Gasteiger partial charge in [-0.3, -0.25) is 14.4 Å². The summed E-state index contributed by atoms with van der Waals surface area (Å²) < 4.78 is 1.75. The van der Waals surface area contributed by atoms with E-state index >= 15 is 0 Å². The highest BCUT2D eigenvalue weighted by Gasteiger charge is 2.40. The van der Waals surface area contributed by atoms with Gasteiger partial charge >= 0.3 is 0 Å². The van der Waals surface area contributed by atoms with Crippen LogP contribution in [0.5, 0.6) is 0 Å². The number of piperidine rings is 1. The molecule has 8 heteroatoms. The van der Waals surface area contributed by atoms with Crippen molar-refractivity contribution < 1.29 is 14.4 Å². The first-order valence-corrected chi connectivity index (χ1v) is 14.6. The van der Waals surface area contributed by atoms with Crippen LogP contribution in [0.25, 0.3) is 16.6 Å². The van der Waals surface area contributed by atoms with Crippen LogP contribution in [0.15, 0.2) is 109 Å². The average Bonchev–Trinajstić information content (AvgIpc) is 3.69. The summed E-state index contributed by atoms with van der Waals surface area (Å²) in [4.78, 5) is 43.1. The Bertz CT molecular complexity index is 1800. The molecule has 2 atom stereocenters. The van der Waals surface area contributed by atoms with Crippen LogP contribution in [-0.2, 0) is 0 Å². The Kier molecular flexibility index (Phi) is 6.95. The van der Waals surface area contributed by atoms with Gasteiger partial charge in [0.05, 0.1) is 5.52 Å². The van der Waals surface area contributed by atoms with Gasteiger partial charge in [-0.25, -0.2) is 4.52 Å². The summed E-state index contributed by atoms with van der Waals surface area (Å²) in [6, 6.07) is 32.1. The fourth-order valence-corrected chi connectivity index (χ4v) is 6.26. The largest absolute Gasteiger partial charge is 0.338 e. The van der Waals surface area contributed by atoms with Crippen molar-refractivity contribution in [3.8, 4) is 11.1 Å². The third-order valence-electron chi connectivity index (χ3n) is 8.59.